The molecule has 1 aliphatic heterocycles. The summed E-state index contributed by atoms with van der Waals surface area (Å²) in [4.78, 5) is 14.1. The van der Waals surface area contributed by atoms with E-state index in [0.717, 1.165) is 32.4 Å². The summed E-state index contributed by atoms with van der Waals surface area (Å²) in [6, 6.07) is 3.95. The fraction of sp³-hybridized carbons (Fsp3) is 0.500. The van der Waals surface area contributed by atoms with Gasteiger partial charge in [0, 0.05) is 18.8 Å². The van der Waals surface area contributed by atoms with Crippen LogP contribution in [0.4, 0.5) is 10.1 Å². The van der Waals surface area contributed by atoms with Crippen molar-refractivity contribution in [3.8, 4) is 0 Å². The molecule has 98 valence electrons. The van der Waals surface area contributed by atoms with Crippen molar-refractivity contribution >= 4 is 11.6 Å². The van der Waals surface area contributed by atoms with E-state index in [0.29, 0.717) is 11.6 Å². The number of carbonyl (C=O) groups is 1. The first-order chi connectivity index (χ1) is 8.58. The predicted molar refractivity (Wildman–Crippen MR) is 69.7 cm³/mol. The fourth-order valence-corrected chi connectivity index (χ4v) is 2.35. The molecule has 18 heavy (non-hydrogen) atoms. The fourth-order valence-electron chi connectivity index (χ4n) is 2.35. The molecule has 0 aromatic heterocycles. The van der Waals surface area contributed by atoms with Gasteiger partial charge in [-0.25, -0.2) is 4.39 Å². The van der Waals surface area contributed by atoms with Gasteiger partial charge in [0.1, 0.15) is 5.82 Å². The molecular weight excluding hydrogens is 231 g/mol. The van der Waals surface area contributed by atoms with Crippen LogP contribution in [-0.4, -0.2) is 23.9 Å². The molecule has 1 aromatic carbocycles. The lowest BCUT2D eigenvalue weighted by molar-refractivity contribution is 0.0761. The Bertz CT molecular complexity index is 447. The Kier molecular flexibility index (Phi) is 3.84. The van der Waals surface area contributed by atoms with E-state index in [1.807, 2.05) is 0 Å². The Morgan fingerprint density at radius 2 is 2.17 bits per heavy atom. The third-order valence-electron chi connectivity index (χ3n) is 3.55. The Balaban J connectivity index is 2.17. The van der Waals surface area contributed by atoms with E-state index >= 15 is 0 Å². The standard InChI is InChI=1S/C14H19FN2O/c1-10-3-2-7-17(8-6-10)14(18)12-9-11(15)4-5-13(12)16/h4-5,9-10H,2-3,6-8,16H2,1H3. The highest BCUT2D eigenvalue weighted by Crippen LogP contribution is 2.21. The quantitative estimate of drug-likeness (QED) is 0.779. The number of nitrogens with two attached hydrogens (primary N) is 1. The number of benzene rings is 1. The molecule has 2 N–H and O–H groups in total. The van der Waals surface area contributed by atoms with Crippen molar-refractivity contribution in [3.63, 3.8) is 0 Å². The number of carbonyl (C=O) groups excluding carboxylic acids is 1. The first-order valence-corrected chi connectivity index (χ1v) is 6.42. The third kappa shape index (κ3) is 2.81. The zero-order valence-electron chi connectivity index (χ0n) is 10.7. The molecule has 0 aliphatic carbocycles. The maximum Gasteiger partial charge on any atom is 0.256 e. The molecule has 1 atom stereocenters. The molecule has 1 heterocycles. The SMILES string of the molecule is CC1CCCN(C(=O)c2cc(F)ccc2N)CC1. The molecule has 0 saturated carbocycles. The summed E-state index contributed by atoms with van der Waals surface area (Å²) in [5.41, 5.74) is 6.38. The van der Waals surface area contributed by atoms with Crippen molar-refractivity contribution in [1.82, 2.24) is 4.90 Å². The van der Waals surface area contributed by atoms with Gasteiger partial charge in [0.05, 0.1) is 5.56 Å². The van der Waals surface area contributed by atoms with Crippen LogP contribution >= 0.6 is 0 Å². The van der Waals surface area contributed by atoms with Gasteiger partial charge in [0.25, 0.3) is 5.91 Å². The molecule has 0 radical (unpaired) electrons. The molecule has 0 bridgehead atoms. The molecule has 1 aliphatic rings. The second-order valence-corrected chi connectivity index (χ2v) is 5.06. The summed E-state index contributed by atoms with van der Waals surface area (Å²) >= 11 is 0. The molecular formula is C14H19FN2O. The van der Waals surface area contributed by atoms with Crippen LogP contribution in [0.25, 0.3) is 0 Å². The Hall–Kier alpha value is -1.58. The van der Waals surface area contributed by atoms with E-state index in [9.17, 15) is 9.18 Å². The van der Waals surface area contributed by atoms with Gasteiger partial charge in [-0.15, -0.1) is 0 Å². The molecule has 0 spiro atoms. The molecule has 2 rings (SSSR count). The van der Waals surface area contributed by atoms with E-state index in [-0.39, 0.29) is 11.5 Å². The van der Waals surface area contributed by atoms with E-state index in [1.54, 1.807) is 4.90 Å². The minimum Gasteiger partial charge on any atom is -0.398 e. The van der Waals surface area contributed by atoms with Crippen LogP contribution in [0.5, 0.6) is 0 Å². The maximum absolute atomic E-state index is 13.2. The van der Waals surface area contributed by atoms with Crippen LogP contribution in [0.3, 0.4) is 0 Å². The normalized spacial score (nSPS) is 20.6. The first-order valence-electron chi connectivity index (χ1n) is 6.42. The van der Waals surface area contributed by atoms with Crippen molar-refractivity contribution in [2.75, 3.05) is 18.8 Å². The van der Waals surface area contributed by atoms with E-state index in [1.165, 1.54) is 18.2 Å². The molecule has 1 unspecified atom stereocenters. The number of likely N-dealkylation sites (tertiary alicyclic amines) is 1. The van der Waals surface area contributed by atoms with Crippen LogP contribution in [0.2, 0.25) is 0 Å². The van der Waals surface area contributed by atoms with Gasteiger partial charge < -0.3 is 10.6 Å². The Morgan fingerprint density at radius 3 is 2.94 bits per heavy atom. The molecule has 1 fully saturated rings. The molecule has 4 heteroatoms. The average molecular weight is 250 g/mol. The smallest absolute Gasteiger partial charge is 0.256 e. The lowest BCUT2D eigenvalue weighted by Crippen LogP contribution is -2.32. The van der Waals surface area contributed by atoms with Gasteiger partial charge in [0.2, 0.25) is 0 Å². The van der Waals surface area contributed by atoms with E-state index < -0.39 is 5.82 Å². The average Bonchev–Trinajstić information content (AvgIpc) is 2.56. The third-order valence-corrected chi connectivity index (χ3v) is 3.55. The number of nitrogens with zero attached hydrogens (tertiary/aromatic N) is 1. The highest BCUT2D eigenvalue weighted by molar-refractivity contribution is 5.99. The predicted octanol–water partition coefficient (Wildman–Crippen LogP) is 2.67. The minimum atomic E-state index is -0.421. The van der Waals surface area contributed by atoms with Crippen molar-refractivity contribution in [2.24, 2.45) is 5.92 Å². The van der Waals surface area contributed by atoms with E-state index in [4.69, 9.17) is 5.73 Å². The lowest BCUT2D eigenvalue weighted by atomic mass is 10.0. The number of hydrogen-bond donors (Lipinski definition) is 1. The number of hydrogen-bond acceptors (Lipinski definition) is 2. The Morgan fingerprint density at radius 1 is 1.39 bits per heavy atom. The van der Waals surface area contributed by atoms with E-state index in [2.05, 4.69) is 6.92 Å². The molecule has 1 amide bonds. The van der Waals surface area contributed by atoms with Crippen molar-refractivity contribution < 1.29 is 9.18 Å². The van der Waals surface area contributed by atoms with Gasteiger partial charge in [-0.05, 0) is 43.4 Å². The summed E-state index contributed by atoms with van der Waals surface area (Å²) in [6.07, 6.45) is 3.14. The van der Waals surface area contributed by atoms with Crippen molar-refractivity contribution in [3.05, 3.63) is 29.6 Å². The van der Waals surface area contributed by atoms with Crippen LogP contribution < -0.4 is 5.73 Å². The van der Waals surface area contributed by atoms with Crippen LogP contribution in [0, 0.1) is 11.7 Å². The summed E-state index contributed by atoms with van der Waals surface area (Å²) in [6.45, 7) is 3.67. The second-order valence-electron chi connectivity index (χ2n) is 5.06. The molecule has 3 nitrogen and oxygen atoms in total. The van der Waals surface area contributed by atoms with Crippen LogP contribution in [0.15, 0.2) is 18.2 Å². The van der Waals surface area contributed by atoms with Crippen molar-refractivity contribution in [1.29, 1.82) is 0 Å². The number of halogens is 1. The Labute approximate surface area is 107 Å². The largest absolute Gasteiger partial charge is 0.398 e. The topological polar surface area (TPSA) is 46.3 Å². The highest BCUT2D eigenvalue weighted by atomic mass is 19.1. The second kappa shape index (κ2) is 5.38. The van der Waals surface area contributed by atoms with Gasteiger partial charge in [-0.2, -0.15) is 0 Å². The van der Waals surface area contributed by atoms with Crippen LogP contribution in [-0.2, 0) is 0 Å². The zero-order valence-corrected chi connectivity index (χ0v) is 10.7. The summed E-state index contributed by atoms with van der Waals surface area (Å²) in [5, 5.41) is 0. The minimum absolute atomic E-state index is 0.152. The summed E-state index contributed by atoms with van der Waals surface area (Å²) < 4.78 is 13.2. The number of nitrogen functional groups attached to an aromatic ring is 1. The number of rotatable bonds is 1. The first kappa shape index (κ1) is 12.9. The summed E-state index contributed by atoms with van der Waals surface area (Å²) in [7, 11) is 0. The molecule has 1 aromatic rings. The molecule has 1 saturated heterocycles. The van der Waals surface area contributed by atoms with Gasteiger partial charge in [-0.3, -0.25) is 4.79 Å². The van der Waals surface area contributed by atoms with Crippen LogP contribution in [0.1, 0.15) is 36.5 Å². The number of anilines is 1. The summed E-state index contributed by atoms with van der Waals surface area (Å²) in [5.74, 6) is 0.0736. The van der Waals surface area contributed by atoms with Gasteiger partial charge in [0.15, 0.2) is 0 Å². The lowest BCUT2D eigenvalue weighted by Gasteiger charge is -2.21. The maximum atomic E-state index is 13.2. The van der Waals surface area contributed by atoms with Gasteiger partial charge in [-0.1, -0.05) is 6.92 Å². The number of amides is 1. The van der Waals surface area contributed by atoms with Gasteiger partial charge >= 0.3 is 0 Å². The van der Waals surface area contributed by atoms with Crippen molar-refractivity contribution in [2.45, 2.75) is 26.2 Å². The monoisotopic (exact) mass is 250 g/mol. The zero-order chi connectivity index (χ0) is 13.1. The highest BCUT2D eigenvalue weighted by Gasteiger charge is 2.21.